The van der Waals surface area contributed by atoms with Crippen molar-refractivity contribution >= 4 is 116 Å². The number of benzene rings is 2. The summed E-state index contributed by atoms with van der Waals surface area (Å²) < 4.78 is 0. The van der Waals surface area contributed by atoms with Crippen molar-refractivity contribution in [3.8, 4) is 0 Å². The van der Waals surface area contributed by atoms with Crippen LogP contribution in [0.2, 0.25) is 0 Å². The molecule has 0 saturated heterocycles. The van der Waals surface area contributed by atoms with Crippen LogP contribution < -0.4 is 63.0 Å². The Morgan fingerprint density at radius 2 is 1.08 bits per heavy atom. The molecule has 2 aromatic rings. The van der Waals surface area contributed by atoms with E-state index in [1.807, 2.05) is 24.3 Å². The summed E-state index contributed by atoms with van der Waals surface area (Å²) in [5.74, 6) is -10.2. The minimum absolute atomic E-state index is 0.00303. The molecule has 22 N–H and O–H groups in total. The molecular formula is C73H114N12O26S2. The van der Waals surface area contributed by atoms with Gasteiger partial charge in [0.05, 0.1) is 49.9 Å². The molecule has 1 fully saturated rings. The van der Waals surface area contributed by atoms with Gasteiger partial charge >= 0.3 is 18.0 Å². The highest BCUT2D eigenvalue weighted by atomic mass is 33.1. The van der Waals surface area contributed by atoms with Crippen LogP contribution in [0.3, 0.4) is 0 Å². The normalized spacial score (nSPS) is 16.8. The molecule has 0 radical (unpaired) electrons. The lowest BCUT2D eigenvalue weighted by atomic mass is 9.90. The highest BCUT2D eigenvalue weighted by molar-refractivity contribution is 8.76. The third kappa shape index (κ3) is 35.5. The Labute approximate surface area is 662 Å². The van der Waals surface area contributed by atoms with Crippen LogP contribution in [-0.2, 0) is 57.6 Å². The first-order valence-electron chi connectivity index (χ1n) is 37.8. The van der Waals surface area contributed by atoms with E-state index in [0.717, 1.165) is 37.8 Å². The number of nitrogens with one attached hydrogen (secondary N) is 10. The van der Waals surface area contributed by atoms with Crippen LogP contribution in [0, 0.1) is 5.41 Å². The van der Waals surface area contributed by atoms with Crippen molar-refractivity contribution in [1.82, 2.24) is 47.9 Å². The maximum atomic E-state index is 14.5. The number of carbonyl (C=O) groups is 13. The number of aliphatic hydroxyl groups is 9. The molecule has 634 valence electrons. The Kier molecular flexibility index (Phi) is 44.2. The topological polar surface area (TPSA) is 601 Å². The Balaban J connectivity index is 1.42. The van der Waals surface area contributed by atoms with Gasteiger partial charge in [-0.15, -0.1) is 0 Å². The number of rotatable bonds is 53. The second-order valence-electron chi connectivity index (χ2n) is 28.6. The van der Waals surface area contributed by atoms with Gasteiger partial charge in [0.25, 0.3) is 11.8 Å². The number of amides is 11. The van der Waals surface area contributed by atoms with Crippen LogP contribution >= 0.6 is 21.6 Å². The number of carbonyl (C=O) groups excluding carboxylic acids is 11. The van der Waals surface area contributed by atoms with Gasteiger partial charge in [0.2, 0.25) is 41.4 Å². The number of aliphatic hydroxyl groups excluding tert-OH is 9. The average Bonchev–Trinajstić information content (AvgIpc) is 1.64. The number of urea groups is 1. The largest absolute Gasteiger partial charge is 0.481 e. The standard InChI is InChI=1S/C73H114N12O26S2/c1-73(2,3)57(92)40-85-52-20-12-11-19-51(52)84(45-17-8-7-9-18-45)39-50(71(85)108)83-72(109)78-44-16-14-15-43(37-44)66(103)75-31-13-6-4-5-10-21-60(95)79-47(24-28-61(96)97)68(105)81-48(23-27-59(94)77-38-54(89)64(101)65(102)56(91)42-87)69(106)82-49(25-29-62(98)99)70(107)80-46(67(104)76-33-35-112-113-36-34-111-110)22-26-58(93)74-32-30-53(88)63(100)55(90)41-86/h11-12,14-16,19-20,37,45-50,53-56,63-65,86-91,100-102,110H,4-10,13,17-18,21-36,38-42H2,1-3H3,(H,74,93)(H,75,103)(H,76,104)(H,77,94)(H,79,95)(H,80,107)(H,81,105)(H,82,106)(H,96,97)(H,98,99)(H2,78,83,109)/t46-,47-,48-,49-,50-,53+,54-,55-,56-,63-,64+,65+/m1/s1. The highest BCUT2D eigenvalue weighted by Gasteiger charge is 2.41. The molecule has 38 nitrogen and oxygen atoms in total. The number of aliphatic carboxylic acids is 2. The SMILES string of the molecule is CC(C)(C)C(=O)CN1C(=O)[C@H](NC(=O)Nc2cccc(C(=O)NCCCCCCCC(=O)N[C@H](CCC(=O)O)C(=O)N[C@H](CCC(=O)NC[C@@H](O)[C@H](O)[C@@H](O)[C@H](O)CO)C(=O)N[C@H](CCC(=O)O)C(=O)N[C@H](CCC(=O)NCC[C@H](O)[C@@H](O)[C@H](O)CO)C(=O)NCCSSCCOO)c2)CN(C2CCCCC2)c2ccccc21. The maximum absolute atomic E-state index is 14.5. The van der Waals surface area contributed by atoms with Crippen molar-refractivity contribution in [2.24, 2.45) is 5.41 Å². The van der Waals surface area contributed by atoms with E-state index < -0.39 is 221 Å². The van der Waals surface area contributed by atoms with Crippen molar-refractivity contribution in [1.29, 1.82) is 0 Å². The van der Waals surface area contributed by atoms with Crippen molar-refractivity contribution in [2.45, 2.75) is 228 Å². The molecule has 0 unspecified atom stereocenters. The van der Waals surface area contributed by atoms with Crippen molar-refractivity contribution in [3.05, 3.63) is 54.1 Å². The van der Waals surface area contributed by atoms with E-state index >= 15 is 0 Å². The van der Waals surface area contributed by atoms with E-state index in [0.29, 0.717) is 37.1 Å². The fourth-order valence-electron chi connectivity index (χ4n) is 12.1. The molecule has 1 aliphatic carbocycles. The van der Waals surface area contributed by atoms with Crippen LogP contribution in [0.15, 0.2) is 48.5 Å². The number of fused-ring (bicyclic) bond motifs is 1. The predicted octanol–water partition coefficient (Wildman–Crippen LogP) is -1.60. The number of hydrogen-bond acceptors (Lipinski definition) is 27. The van der Waals surface area contributed by atoms with E-state index in [9.17, 15) is 113 Å². The molecule has 0 bridgehead atoms. The summed E-state index contributed by atoms with van der Waals surface area (Å²) in [6.07, 6.45) is -11.4. The first-order valence-corrected chi connectivity index (χ1v) is 40.3. The molecule has 0 spiro atoms. The molecule has 1 heterocycles. The Morgan fingerprint density at radius 3 is 1.67 bits per heavy atom. The molecular weight excluding hydrogens is 1520 g/mol. The van der Waals surface area contributed by atoms with E-state index in [-0.39, 0.29) is 87.4 Å². The van der Waals surface area contributed by atoms with Gasteiger partial charge in [-0.3, -0.25) is 62.8 Å². The van der Waals surface area contributed by atoms with Gasteiger partial charge in [-0.25, -0.2) is 9.68 Å². The summed E-state index contributed by atoms with van der Waals surface area (Å²) in [4.78, 5) is 183. The lowest BCUT2D eigenvalue weighted by molar-refractivity contribution is -0.236. The third-order valence-electron chi connectivity index (χ3n) is 18.7. The monoisotopic (exact) mass is 1640 g/mol. The fourth-order valence-corrected chi connectivity index (χ4v) is 13.8. The fraction of sp³-hybridized carbons (Fsp3) is 0.658. The van der Waals surface area contributed by atoms with Crippen LogP contribution in [0.1, 0.15) is 160 Å². The number of unbranched alkanes of at least 4 members (excludes halogenated alkanes) is 4. The summed E-state index contributed by atoms with van der Waals surface area (Å²) in [6, 6.07) is 4.99. The molecule has 113 heavy (non-hydrogen) atoms. The number of para-hydroxylation sites is 2. The smallest absolute Gasteiger partial charge is 0.319 e. The van der Waals surface area contributed by atoms with Gasteiger partial charge < -0.3 is 119 Å². The van der Waals surface area contributed by atoms with Crippen LogP contribution in [0.4, 0.5) is 21.9 Å². The number of nitrogens with zero attached hydrogens (tertiary/aromatic N) is 2. The van der Waals surface area contributed by atoms with Gasteiger partial charge in [-0.1, -0.05) is 99.1 Å². The van der Waals surface area contributed by atoms with Gasteiger partial charge in [0.15, 0.2) is 5.78 Å². The third-order valence-corrected chi connectivity index (χ3v) is 21.1. The summed E-state index contributed by atoms with van der Waals surface area (Å²) >= 11 is 0. The molecule has 0 aromatic heterocycles. The van der Waals surface area contributed by atoms with E-state index in [1.54, 1.807) is 39.0 Å². The van der Waals surface area contributed by atoms with Gasteiger partial charge in [-0.2, -0.15) is 0 Å². The summed E-state index contributed by atoms with van der Waals surface area (Å²) in [5, 5.41) is 142. The Bertz CT molecular complexity index is 3410. The number of Topliss-reactive ketones (excluding diaryl/α,β-unsaturated/α-hetero) is 1. The maximum Gasteiger partial charge on any atom is 0.319 e. The molecule has 1 saturated carbocycles. The lowest BCUT2D eigenvalue weighted by Crippen LogP contribution is -2.58. The summed E-state index contributed by atoms with van der Waals surface area (Å²) in [7, 11) is 2.55. The lowest BCUT2D eigenvalue weighted by Gasteiger charge is -2.37. The summed E-state index contributed by atoms with van der Waals surface area (Å²) in [5.41, 5.74) is 1.14. The van der Waals surface area contributed by atoms with Crippen LogP contribution in [-0.4, -0.2) is 288 Å². The zero-order valence-electron chi connectivity index (χ0n) is 63.8. The molecule has 40 heteroatoms. The van der Waals surface area contributed by atoms with Crippen molar-refractivity contribution in [3.63, 3.8) is 0 Å². The Morgan fingerprint density at radius 1 is 0.540 bits per heavy atom. The second-order valence-corrected chi connectivity index (χ2v) is 31.3. The first kappa shape index (κ1) is 97.0. The minimum Gasteiger partial charge on any atom is -0.481 e. The quantitative estimate of drug-likeness (QED) is 0.0153. The van der Waals surface area contributed by atoms with Crippen LogP contribution in [0.25, 0.3) is 0 Å². The molecule has 11 amide bonds. The number of anilines is 3. The van der Waals surface area contributed by atoms with Crippen molar-refractivity contribution in [2.75, 3.05) is 85.7 Å². The number of carboxylic acid groups (broad SMARTS) is 2. The zero-order chi connectivity index (χ0) is 83.7. The van der Waals surface area contributed by atoms with E-state index in [4.69, 9.17) is 10.4 Å². The first-order chi connectivity index (χ1) is 53.7. The van der Waals surface area contributed by atoms with E-state index in [2.05, 4.69) is 63.0 Å². The molecule has 4 rings (SSSR count). The van der Waals surface area contributed by atoms with Gasteiger partial charge in [-0.05, 0) is 88.1 Å². The van der Waals surface area contributed by atoms with Gasteiger partial charge in [0, 0.05) is 99.0 Å². The second kappa shape index (κ2) is 51.5. The predicted molar refractivity (Wildman–Crippen MR) is 413 cm³/mol. The minimum atomic E-state index is -2.10. The average molecular weight is 1640 g/mol. The molecule has 2 aromatic carbocycles. The van der Waals surface area contributed by atoms with Gasteiger partial charge in [0.1, 0.15) is 60.7 Å². The number of ketones is 1. The van der Waals surface area contributed by atoms with Crippen LogP contribution in [0.5, 0.6) is 0 Å². The molecule has 2 aliphatic rings. The van der Waals surface area contributed by atoms with E-state index in [1.165, 1.54) is 32.6 Å². The number of hydrogen-bond donors (Lipinski definition) is 22. The summed E-state index contributed by atoms with van der Waals surface area (Å²) in [6.45, 7) is 2.60. The molecule has 1 aliphatic heterocycles. The van der Waals surface area contributed by atoms with Crippen molar-refractivity contribution < 1.29 is 129 Å². The zero-order valence-corrected chi connectivity index (χ0v) is 65.5. The molecule has 12 atom stereocenters. The number of carboxylic acids is 2. The highest BCUT2D eigenvalue weighted by Crippen LogP contribution is 2.38. The Hall–Kier alpha value is -8.39.